The molecule has 2 aromatic rings. The third kappa shape index (κ3) is 6.81. The summed E-state index contributed by atoms with van der Waals surface area (Å²) in [4.78, 5) is 1.24. The lowest BCUT2D eigenvalue weighted by Gasteiger charge is -2.15. The van der Waals surface area contributed by atoms with Gasteiger partial charge in [-0.25, -0.2) is 0 Å². The Balaban J connectivity index is 1.69. The highest BCUT2D eigenvalue weighted by Gasteiger charge is 2.05. The molecule has 5 heteroatoms. The van der Waals surface area contributed by atoms with Gasteiger partial charge in [-0.15, -0.1) is 11.8 Å². The number of hydrogen-bond acceptors (Lipinski definition) is 2. The second-order valence-electron chi connectivity index (χ2n) is 5.57. The Hall–Kier alpha value is -1.23. The van der Waals surface area contributed by atoms with Crippen LogP contribution in [-0.2, 0) is 0 Å². The number of aryl methyl sites for hydroxylation is 1. The number of anilines is 1. The second kappa shape index (κ2) is 9.16. The van der Waals surface area contributed by atoms with Gasteiger partial charge in [0.2, 0.25) is 0 Å². The number of halogens is 1. The van der Waals surface area contributed by atoms with Crippen molar-refractivity contribution in [2.24, 2.45) is 5.92 Å². The molecule has 0 amide bonds. The number of rotatable bonds is 6. The number of thiocarbonyl (C=S) groups is 1. The van der Waals surface area contributed by atoms with Gasteiger partial charge in [0.25, 0.3) is 0 Å². The van der Waals surface area contributed by atoms with Crippen LogP contribution >= 0.6 is 35.6 Å². The maximum absolute atomic E-state index is 5.89. The fraction of sp³-hybridized carbons (Fsp3) is 0.278. The van der Waals surface area contributed by atoms with Crippen molar-refractivity contribution in [3.8, 4) is 0 Å². The minimum atomic E-state index is 0.508. The monoisotopic (exact) mass is 364 g/mol. The Bertz CT molecular complexity index is 626. The van der Waals surface area contributed by atoms with Crippen molar-refractivity contribution < 1.29 is 0 Å². The first-order valence-corrected chi connectivity index (χ1v) is 9.30. The molecular formula is C18H21ClN2S2. The normalized spacial score (nSPS) is 11.8. The van der Waals surface area contributed by atoms with Crippen LogP contribution in [-0.4, -0.2) is 17.4 Å². The Morgan fingerprint density at radius 3 is 2.43 bits per heavy atom. The van der Waals surface area contributed by atoms with Crippen molar-refractivity contribution in [3.05, 3.63) is 59.1 Å². The Kier molecular flexibility index (Phi) is 7.21. The van der Waals surface area contributed by atoms with E-state index in [2.05, 4.69) is 48.7 Å². The molecule has 2 rings (SSSR count). The molecule has 0 aliphatic rings. The molecule has 0 fully saturated rings. The summed E-state index contributed by atoms with van der Waals surface area (Å²) in [5.74, 6) is 1.54. The topological polar surface area (TPSA) is 24.1 Å². The summed E-state index contributed by atoms with van der Waals surface area (Å²) in [5.41, 5.74) is 2.25. The predicted octanol–water partition coefficient (Wildman–Crippen LogP) is 5.36. The Morgan fingerprint density at radius 1 is 1.13 bits per heavy atom. The molecule has 0 unspecified atom stereocenters. The van der Waals surface area contributed by atoms with E-state index in [-0.39, 0.29) is 0 Å². The highest BCUT2D eigenvalue weighted by Crippen LogP contribution is 2.22. The molecule has 2 N–H and O–H groups in total. The molecule has 23 heavy (non-hydrogen) atoms. The minimum absolute atomic E-state index is 0.508. The molecule has 2 aromatic carbocycles. The summed E-state index contributed by atoms with van der Waals surface area (Å²) in [6.07, 6.45) is 0. The average molecular weight is 365 g/mol. The first kappa shape index (κ1) is 18.1. The first-order chi connectivity index (χ1) is 11.0. The Labute approximate surface area is 153 Å². The lowest BCUT2D eigenvalue weighted by Crippen LogP contribution is -2.32. The molecule has 2 nitrogen and oxygen atoms in total. The van der Waals surface area contributed by atoms with E-state index < -0.39 is 0 Å². The molecule has 0 aliphatic carbocycles. The summed E-state index contributed by atoms with van der Waals surface area (Å²) < 4.78 is 0. The quantitative estimate of drug-likeness (QED) is 0.532. The lowest BCUT2D eigenvalue weighted by atomic mass is 10.2. The van der Waals surface area contributed by atoms with Crippen LogP contribution in [0.15, 0.2) is 53.4 Å². The molecule has 1 atom stereocenters. The van der Waals surface area contributed by atoms with Crippen LogP contribution in [0.25, 0.3) is 0 Å². The van der Waals surface area contributed by atoms with E-state index in [0.29, 0.717) is 11.0 Å². The molecule has 122 valence electrons. The minimum Gasteiger partial charge on any atom is -0.362 e. The second-order valence-corrected chi connectivity index (χ2v) is 7.51. The van der Waals surface area contributed by atoms with Gasteiger partial charge in [0.1, 0.15) is 0 Å². The SMILES string of the molecule is Cc1ccc(NC(=S)NC[C@@H](C)CSc2ccc(Cl)cc2)cc1. The maximum atomic E-state index is 5.89. The van der Waals surface area contributed by atoms with Crippen LogP contribution in [0.2, 0.25) is 5.02 Å². The molecule has 0 aromatic heterocycles. The van der Waals surface area contributed by atoms with Crippen molar-refractivity contribution in [1.29, 1.82) is 0 Å². The van der Waals surface area contributed by atoms with Gasteiger partial charge < -0.3 is 10.6 Å². The van der Waals surface area contributed by atoms with Gasteiger partial charge in [-0.2, -0.15) is 0 Å². The van der Waals surface area contributed by atoms with Crippen molar-refractivity contribution in [1.82, 2.24) is 5.32 Å². The molecule has 0 saturated heterocycles. The van der Waals surface area contributed by atoms with Gasteiger partial charge in [-0.05, 0) is 61.5 Å². The van der Waals surface area contributed by atoms with Crippen molar-refractivity contribution in [2.75, 3.05) is 17.6 Å². The number of hydrogen-bond donors (Lipinski definition) is 2. The van der Waals surface area contributed by atoms with Crippen molar-refractivity contribution in [2.45, 2.75) is 18.7 Å². The zero-order valence-corrected chi connectivity index (χ0v) is 15.7. The molecule has 0 aliphatic heterocycles. The zero-order valence-electron chi connectivity index (χ0n) is 13.3. The van der Waals surface area contributed by atoms with Gasteiger partial charge in [0, 0.05) is 27.9 Å². The van der Waals surface area contributed by atoms with Gasteiger partial charge in [0.15, 0.2) is 5.11 Å². The van der Waals surface area contributed by atoms with Gasteiger partial charge >= 0.3 is 0 Å². The standard InChI is InChI=1S/C18H21ClN2S2/c1-13-3-7-16(8-4-13)21-18(22)20-11-14(2)12-23-17-9-5-15(19)6-10-17/h3-10,14H,11-12H2,1-2H3,(H2,20,21,22)/t14-/m1/s1. The van der Waals surface area contributed by atoms with Gasteiger partial charge in [0.05, 0.1) is 0 Å². The summed E-state index contributed by atoms with van der Waals surface area (Å²) in [7, 11) is 0. The van der Waals surface area contributed by atoms with Gasteiger partial charge in [-0.3, -0.25) is 0 Å². The van der Waals surface area contributed by atoms with E-state index >= 15 is 0 Å². The third-order valence-corrected chi connectivity index (χ3v) is 5.11. The predicted molar refractivity (Wildman–Crippen MR) is 107 cm³/mol. The zero-order chi connectivity index (χ0) is 16.7. The van der Waals surface area contributed by atoms with Crippen molar-refractivity contribution >= 4 is 46.4 Å². The van der Waals surface area contributed by atoms with Crippen molar-refractivity contribution in [3.63, 3.8) is 0 Å². The smallest absolute Gasteiger partial charge is 0.170 e. The highest BCUT2D eigenvalue weighted by molar-refractivity contribution is 7.99. The summed E-state index contributed by atoms with van der Waals surface area (Å²) in [6.45, 7) is 5.13. The summed E-state index contributed by atoms with van der Waals surface area (Å²) >= 11 is 13.1. The van der Waals surface area contributed by atoms with Crippen LogP contribution in [0.1, 0.15) is 12.5 Å². The molecule has 0 saturated carbocycles. The fourth-order valence-electron chi connectivity index (χ4n) is 1.91. The number of thioether (sulfide) groups is 1. The third-order valence-electron chi connectivity index (χ3n) is 3.27. The van der Waals surface area contributed by atoms with Crippen LogP contribution < -0.4 is 10.6 Å². The van der Waals surface area contributed by atoms with Gasteiger partial charge in [-0.1, -0.05) is 36.2 Å². The number of nitrogens with one attached hydrogen (secondary N) is 2. The largest absolute Gasteiger partial charge is 0.362 e. The van der Waals surface area contributed by atoms with E-state index in [9.17, 15) is 0 Å². The van der Waals surface area contributed by atoms with E-state index in [4.69, 9.17) is 23.8 Å². The molecule has 0 bridgehead atoms. The highest BCUT2D eigenvalue weighted by atomic mass is 35.5. The average Bonchev–Trinajstić information content (AvgIpc) is 2.54. The molecule has 0 heterocycles. The van der Waals surface area contributed by atoms with Crippen LogP contribution in [0.4, 0.5) is 5.69 Å². The fourth-order valence-corrected chi connectivity index (χ4v) is 3.16. The molecule has 0 radical (unpaired) electrons. The van der Waals surface area contributed by atoms with E-state index in [1.165, 1.54) is 10.5 Å². The van der Waals surface area contributed by atoms with E-state index in [0.717, 1.165) is 23.0 Å². The van der Waals surface area contributed by atoms with Crippen LogP contribution in [0.3, 0.4) is 0 Å². The Morgan fingerprint density at radius 2 is 1.78 bits per heavy atom. The lowest BCUT2D eigenvalue weighted by molar-refractivity contribution is 0.637. The van der Waals surface area contributed by atoms with Crippen LogP contribution in [0.5, 0.6) is 0 Å². The first-order valence-electron chi connectivity index (χ1n) is 7.53. The summed E-state index contributed by atoms with van der Waals surface area (Å²) in [6, 6.07) is 16.1. The maximum Gasteiger partial charge on any atom is 0.170 e. The number of benzene rings is 2. The molecule has 0 spiro atoms. The molecular weight excluding hydrogens is 344 g/mol. The van der Waals surface area contributed by atoms with E-state index in [1.54, 1.807) is 0 Å². The summed E-state index contributed by atoms with van der Waals surface area (Å²) in [5, 5.41) is 7.92. The van der Waals surface area contributed by atoms with Crippen LogP contribution in [0, 0.1) is 12.8 Å². The van der Waals surface area contributed by atoms with E-state index in [1.807, 2.05) is 36.0 Å².